The van der Waals surface area contributed by atoms with Crippen LogP contribution in [0.2, 0.25) is 0 Å². The van der Waals surface area contributed by atoms with Gasteiger partial charge in [-0.05, 0) is 20.3 Å². The van der Waals surface area contributed by atoms with Gasteiger partial charge in [-0.1, -0.05) is 13.3 Å². The largest absolute Gasteiger partial charge is 0.332 e. The van der Waals surface area contributed by atoms with Crippen molar-refractivity contribution in [1.29, 1.82) is 0 Å². The monoisotopic (exact) mass is 318 g/mol. The maximum absolute atomic E-state index is 12.9. The molecule has 0 spiro atoms. The minimum Gasteiger partial charge on any atom is -0.294 e. The zero-order valence-electron chi connectivity index (χ0n) is 14.2. The summed E-state index contributed by atoms with van der Waals surface area (Å²) in [6, 6.07) is -0.0731. The summed E-state index contributed by atoms with van der Waals surface area (Å²) < 4.78 is 4.64. The first-order valence-corrected chi connectivity index (χ1v) is 7.89. The summed E-state index contributed by atoms with van der Waals surface area (Å²) >= 11 is 0. The minimum atomic E-state index is -0.320. The van der Waals surface area contributed by atoms with Crippen molar-refractivity contribution in [3.8, 4) is 0 Å². The van der Waals surface area contributed by atoms with Gasteiger partial charge in [0.05, 0.1) is 11.8 Å². The topological polar surface area (TPSA) is 77.4 Å². The molecule has 0 saturated carbocycles. The number of hydrogen-bond donors (Lipinski definition) is 0. The molecular weight excluding hydrogens is 296 g/mol. The Balaban J connectivity index is 2.39. The first kappa shape index (κ1) is 15.5. The van der Waals surface area contributed by atoms with Crippen molar-refractivity contribution in [1.82, 2.24) is 18.7 Å². The molecule has 0 saturated heterocycles. The number of anilines is 1. The van der Waals surface area contributed by atoms with Gasteiger partial charge < -0.3 is 0 Å². The van der Waals surface area contributed by atoms with Gasteiger partial charge >= 0.3 is 5.69 Å². The van der Waals surface area contributed by atoms with Crippen LogP contribution in [0.5, 0.6) is 0 Å². The molecule has 23 heavy (non-hydrogen) atoms. The van der Waals surface area contributed by atoms with Gasteiger partial charge in [0.1, 0.15) is 0 Å². The molecule has 0 aromatic carbocycles. The highest BCUT2D eigenvalue weighted by Gasteiger charge is 2.28. The predicted octanol–water partition coefficient (Wildman–Crippen LogP) is 1.08. The van der Waals surface area contributed by atoms with Crippen LogP contribution in [0.15, 0.2) is 14.7 Å². The van der Waals surface area contributed by atoms with E-state index in [-0.39, 0.29) is 17.3 Å². The number of aryl methyl sites for hydroxylation is 1. The average Bonchev–Trinajstić information content (AvgIpc) is 2.92. The first-order chi connectivity index (χ1) is 10.9. The van der Waals surface area contributed by atoms with Crippen LogP contribution in [-0.4, -0.2) is 31.4 Å². The van der Waals surface area contributed by atoms with E-state index in [2.05, 4.69) is 10.1 Å². The second-order valence-electron chi connectivity index (χ2n) is 6.05. The third-order valence-corrected chi connectivity index (χ3v) is 4.48. The van der Waals surface area contributed by atoms with Gasteiger partial charge in [0, 0.05) is 20.6 Å². The van der Waals surface area contributed by atoms with Crippen molar-refractivity contribution in [2.24, 2.45) is 12.1 Å². The Morgan fingerprint density at radius 2 is 1.91 bits per heavy atom. The Labute approximate surface area is 133 Å². The van der Waals surface area contributed by atoms with E-state index in [1.165, 1.54) is 9.13 Å². The SMILES string of the molecule is CCCCn1c(=O)c2c(nc3n2[C@@H](C)C(C)=NN3C)n(C)c1=O. The summed E-state index contributed by atoms with van der Waals surface area (Å²) in [7, 11) is 3.45. The molecule has 0 amide bonds. The van der Waals surface area contributed by atoms with E-state index in [4.69, 9.17) is 0 Å². The molecule has 8 heteroatoms. The van der Waals surface area contributed by atoms with Gasteiger partial charge in [0.25, 0.3) is 5.56 Å². The Bertz CT molecular complexity index is 917. The minimum absolute atomic E-state index is 0.0731. The molecule has 1 aliphatic rings. The third kappa shape index (κ3) is 2.12. The van der Waals surface area contributed by atoms with E-state index >= 15 is 0 Å². The van der Waals surface area contributed by atoms with Crippen molar-refractivity contribution in [2.75, 3.05) is 12.1 Å². The van der Waals surface area contributed by atoms with Crippen LogP contribution in [0.25, 0.3) is 11.2 Å². The number of hydrogen-bond acceptors (Lipinski definition) is 5. The lowest BCUT2D eigenvalue weighted by atomic mass is 10.2. The van der Waals surface area contributed by atoms with Gasteiger partial charge in [-0.15, -0.1) is 0 Å². The molecule has 0 N–H and O–H groups in total. The van der Waals surface area contributed by atoms with Gasteiger partial charge in [-0.3, -0.25) is 18.5 Å². The lowest BCUT2D eigenvalue weighted by molar-refractivity contribution is 0.563. The highest BCUT2D eigenvalue weighted by atomic mass is 16.2. The number of aromatic nitrogens is 4. The first-order valence-electron chi connectivity index (χ1n) is 7.89. The van der Waals surface area contributed by atoms with E-state index in [1.807, 2.05) is 25.3 Å². The van der Waals surface area contributed by atoms with Crippen LogP contribution in [0, 0.1) is 0 Å². The fraction of sp³-hybridized carbons (Fsp3) is 0.600. The summed E-state index contributed by atoms with van der Waals surface area (Å²) in [4.78, 5) is 29.9. The van der Waals surface area contributed by atoms with E-state index in [0.717, 1.165) is 18.6 Å². The number of hydrazone groups is 1. The molecule has 1 atom stereocenters. The van der Waals surface area contributed by atoms with Gasteiger partial charge in [-0.2, -0.15) is 10.1 Å². The van der Waals surface area contributed by atoms with E-state index in [0.29, 0.717) is 23.7 Å². The number of nitrogens with zero attached hydrogens (tertiary/aromatic N) is 6. The van der Waals surface area contributed by atoms with E-state index < -0.39 is 0 Å². The van der Waals surface area contributed by atoms with Crippen molar-refractivity contribution in [3.63, 3.8) is 0 Å². The van der Waals surface area contributed by atoms with Crippen LogP contribution in [0.3, 0.4) is 0 Å². The molecule has 3 rings (SSSR count). The van der Waals surface area contributed by atoms with Crippen molar-refractivity contribution in [2.45, 2.75) is 46.2 Å². The molecule has 2 aromatic heterocycles. The van der Waals surface area contributed by atoms with Crippen LogP contribution in [0.4, 0.5) is 5.95 Å². The highest BCUT2D eigenvalue weighted by Crippen LogP contribution is 2.28. The summed E-state index contributed by atoms with van der Waals surface area (Å²) in [5.41, 5.74) is 1.18. The normalized spacial score (nSPS) is 17.5. The summed E-state index contributed by atoms with van der Waals surface area (Å²) in [5.74, 6) is 0.582. The van der Waals surface area contributed by atoms with Crippen molar-refractivity contribution < 1.29 is 0 Å². The maximum Gasteiger partial charge on any atom is 0.332 e. The summed E-state index contributed by atoms with van der Waals surface area (Å²) in [6.45, 7) is 6.37. The second-order valence-corrected chi connectivity index (χ2v) is 6.05. The van der Waals surface area contributed by atoms with E-state index in [1.54, 1.807) is 19.1 Å². The number of rotatable bonds is 3. The zero-order valence-corrected chi connectivity index (χ0v) is 14.2. The standard InChI is InChI=1S/C15H22N6O2/c1-6-7-8-20-13(22)11-12(18(4)15(20)23)16-14-19(5)17-9(2)10(3)21(11)14/h10H,6-8H2,1-5H3/t10-/m0/s1. The van der Waals surface area contributed by atoms with Crippen molar-refractivity contribution >= 4 is 22.8 Å². The average molecular weight is 318 g/mol. The fourth-order valence-corrected chi connectivity index (χ4v) is 2.99. The quantitative estimate of drug-likeness (QED) is 0.848. The molecular formula is C15H22N6O2. The molecule has 0 radical (unpaired) electrons. The third-order valence-electron chi connectivity index (χ3n) is 4.48. The molecule has 1 aliphatic heterocycles. The van der Waals surface area contributed by atoms with E-state index in [9.17, 15) is 9.59 Å². The molecule has 3 heterocycles. The van der Waals surface area contributed by atoms with Crippen molar-refractivity contribution in [3.05, 3.63) is 20.8 Å². The molecule has 0 aliphatic carbocycles. The Kier molecular flexibility index (Phi) is 3.62. The van der Waals surface area contributed by atoms with Crippen LogP contribution in [-0.2, 0) is 13.6 Å². The lowest BCUT2D eigenvalue weighted by Crippen LogP contribution is -2.40. The Hall–Kier alpha value is -2.38. The molecule has 0 bridgehead atoms. The molecule has 124 valence electrons. The zero-order chi connectivity index (χ0) is 16.9. The number of imidazole rings is 1. The fourth-order valence-electron chi connectivity index (χ4n) is 2.99. The van der Waals surface area contributed by atoms with Crippen LogP contribution in [0.1, 0.15) is 39.7 Å². The van der Waals surface area contributed by atoms with Gasteiger partial charge in [0.2, 0.25) is 5.95 Å². The lowest BCUT2D eigenvalue weighted by Gasteiger charge is -2.26. The smallest absolute Gasteiger partial charge is 0.294 e. The van der Waals surface area contributed by atoms with Gasteiger partial charge in [0.15, 0.2) is 11.2 Å². The molecule has 0 unspecified atom stereocenters. The van der Waals surface area contributed by atoms with Gasteiger partial charge in [-0.25, -0.2) is 9.80 Å². The Morgan fingerprint density at radius 3 is 2.57 bits per heavy atom. The summed E-state index contributed by atoms with van der Waals surface area (Å²) in [5, 5.41) is 6.07. The molecule has 0 fully saturated rings. The van der Waals surface area contributed by atoms with Crippen LogP contribution < -0.4 is 16.3 Å². The molecule has 2 aromatic rings. The second kappa shape index (κ2) is 5.36. The maximum atomic E-state index is 12.9. The number of fused-ring (bicyclic) bond motifs is 3. The predicted molar refractivity (Wildman–Crippen MR) is 90.4 cm³/mol. The number of unbranched alkanes of at least 4 members (excludes halogenated alkanes) is 1. The molecule has 8 nitrogen and oxygen atoms in total. The summed E-state index contributed by atoms with van der Waals surface area (Å²) in [6.07, 6.45) is 1.71. The van der Waals surface area contributed by atoms with Crippen LogP contribution >= 0.6 is 0 Å². The highest BCUT2D eigenvalue weighted by molar-refractivity contribution is 5.90. The Morgan fingerprint density at radius 1 is 1.22 bits per heavy atom.